The van der Waals surface area contributed by atoms with Crippen molar-refractivity contribution in [3.05, 3.63) is 72.3 Å². The molecule has 0 aliphatic rings. The van der Waals surface area contributed by atoms with Crippen LogP contribution in [0.15, 0.2) is 49.4 Å². The quantitative estimate of drug-likeness (QED) is 0.540. The summed E-state index contributed by atoms with van der Waals surface area (Å²) < 4.78 is 29.5. The maximum atomic E-state index is 14.8. The minimum absolute atomic E-state index is 0.260. The maximum absolute atomic E-state index is 14.8. The Balaban J connectivity index is 2.28. The SMILES string of the molecule is CC(c1ccncn1)C(Cn1cncn1)(c1ccc(F)cc1F)[PH](O)(O)O. The number of hydrogen-bond acceptors (Lipinski definition) is 7. The van der Waals surface area contributed by atoms with Gasteiger partial charge in [-0.15, -0.1) is 0 Å². The summed E-state index contributed by atoms with van der Waals surface area (Å²) in [5.41, 5.74) is 0.0764. The van der Waals surface area contributed by atoms with Crippen LogP contribution >= 0.6 is 7.94 Å². The molecule has 0 saturated carbocycles. The normalized spacial score (nSPS) is 15.9. The van der Waals surface area contributed by atoms with E-state index in [1.165, 1.54) is 35.9 Å². The van der Waals surface area contributed by atoms with E-state index in [9.17, 15) is 23.5 Å². The van der Waals surface area contributed by atoms with Gasteiger partial charge in [-0.2, -0.15) is 0 Å². The van der Waals surface area contributed by atoms with Crippen molar-refractivity contribution in [3.8, 4) is 0 Å². The number of rotatable bonds is 6. The van der Waals surface area contributed by atoms with Crippen molar-refractivity contribution in [2.24, 2.45) is 0 Å². The van der Waals surface area contributed by atoms with Crippen LogP contribution in [0.2, 0.25) is 0 Å². The van der Waals surface area contributed by atoms with E-state index >= 15 is 0 Å². The van der Waals surface area contributed by atoms with Crippen LogP contribution in [0, 0.1) is 11.6 Å². The Morgan fingerprint density at radius 2 is 1.93 bits per heavy atom. The van der Waals surface area contributed by atoms with Crippen LogP contribution in [0.3, 0.4) is 0 Å². The fraction of sp³-hybridized carbons (Fsp3) is 0.250. The monoisotopic (exact) mass is 397 g/mol. The molecule has 11 heteroatoms. The number of aromatic nitrogens is 5. The van der Waals surface area contributed by atoms with Gasteiger partial charge in [0, 0.05) is 0 Å². The van der Waals surface area contributed by atoms with Gasteiger partial charge < -0.3 is 0 Å². The molecule has 2 heterocycles. The molecule has 8 nitrogen and oxygen atoms in total. The van der Waals surface area contributed by atoms with Crippen LogP contribution in [-0.2, 0) is 11.7 Å². The van der Waals surface area contributed by atoms with Gasteiger partial charge in [0.2, 0.25) is 0 Å². The van der Waals surface area contributed by atoms with E-state index in [-0.39, 0.29) is 12.1 Å². The van der Waals surface area contributed by atoms with E-state index in [4.69, 9.17) is 0 Å². The molecule has 1 aromatic carbocycles. The molecule has 0 spiro atoms. The average molecular weight is 397 g/mol. The number of benzene rings is 1. The Hall–Kier alpha value is -2.39. The number of hydrogen-bond donors (Lipinski definition) is 3. The van der Waals surface area contributed by atoms with Crippen LogP contribution < -0.4 is 0 Å². The Bertz CT molecular complexity index is 908. The fourth-order valence-electron chi connectivity index (χ4n) is 3.26. The van der Waals surface area contributed by atoms with Crippen molar-refractivity contribution in [1.82, 2.24) is 24.7 Å². The zero-order valence-corrected chi connectivity index (χ0v) is 15.2. The zero-order valence-electron chi connectivity index (χ0n) is 14.2. The van der Waals surface area contributed by atoms with Crippen molar-refractivity contribution in [2.75, 3.05) is 0 Å². The molecule has 3 N–H and O–H groups in total. The van der Waals surface area contributed by atoms with Gasteiger partial charge in [0.1, 0.15) is 0 Å². The molecule has 2 atom stereocenters. The minimum atomic E-state index is -5.14. The van der Waals surface area contributed by atoms with E-state index in [2.05, 4.69) is 20.1 Å². The summed E-state index contributed by atoms with van der Waals surface area (Å²) in [5.74, 6) is -2.75. The first-order chi connectivity index (χ1) is 12.8. The van der Waals surface area contributed by atoms with Crippen molar-refractivity contribution < 1.29 is 23.5 Å². The second-order valence-electron chi connectivity index (χ2n) is 6.18. The molecule has 27 heavy (non-hydrogen) atoms. The van der Waals surface area contributed by atoms with Gasteiger partial charge in [-0.25, -0.2) is 0 Å². The molecule has 3 aromatic rings. The average Bonchev–Trinajstić information content (AvgIpc) is 3.12. The summed E-state index contributed by atoms with van der Waals surface area (Å²) in [7, 11) is -5.14. The zero-order chi connectivity index (χ0) is 19.7. The van der Waals surface area contributed by atoms with Crippen LogP contribution in [0.1, 0.15) is 24.1 Å². The van der Waals surface area contributed by atoms with Gasteiger partial charge in [-0.3, -0.25) is 0 Å². The molecule has 0 fully saturated rings. The molecule has 0 amide bonds. The van der Waals surface area contributed by atoms with E-state index in [1.807, 2.05) is 0 Å². The third-order valence-corrected chi connectivity index (χ3v) is 6.73. The van der Waals surface area contributed by atoms with Crippen molar-refractivity contribution >= 4 is 7.94 Å². The Morgan fingerprint density at radius 1 is 1.15 bits per heavy atom. The molecule has 144 valence electrons. The van der Waals surface area contributed by atoms with Crippen LogP contribution in [0.25, 0.3) is 0 Å². The summed E-state index contributed by atoms with van der Waals surface area (Å²) >= 11 is 0. The molecule has 0 saturated heterocycles. The predicted octanol–water partition coefficient (Wildman–Crippen LogP) is 1.52. The first kappa shape index (κ1) is 19.4. The molecular weight excluding hydrogens is 379 g/mol. The molecule has 2 aromatic heterocycles. The molecular formula is C16H18F2N5O3P. The van der Waals surface area contributed by atoms with Crippen LogP contribution in [0.4, 0.5) is 8.78 Å². The summed E-state index contributed by atoms with van der Waals surface area (Å²) in [4.78, 5) is 43.2. The summed E-state index contributed by atoms with van der Waals surface area (Å²) in [5, 5.41) is 1.96. The molecule has 0 radical (unpaired) electrons. The van der Waals surface area contributed by atoms with Crippen molar-refractivity contribution in [3.63, 3.8) is 0 Å². The Morgan fingerprint density at radius 3 is 2.48 bits per heavy atom. The summed E-state index contributed by atoms with van der Waals surface area (Å²) in [6, 6.07) is 4.21. The number of halogens is 2. The van der Waals surface area contributed by atoms with E-state index < -0.39 is 30.7 Å². The summed E-state index contributed by atoms with van der Waals surface area (Å²) in [6.07, 6.45) is 5.21. The topological polar surface area (TPSA) is 117 Å². The van der Waals surface area contributed by atoms with Gasteiger partial charge in [0.15, 0.2) is 0 Å². The molecule has 3 rings (SSSR count). The van der Waals surface area contributed by atoms with Gasteiger partial charge in [0.05, 0.1) is 0 Å². The van der Waals surface area contributed by atoms with Crippen molar-refractivity contribution in [1.29, 1.82) is 0 Å². The second kappa shape index (κ2) is 7.32. The van der Waals surface area contributed by atoms with Crippen LogP contribution in [-0.4, -0.2) is 39.4 Å². The van der Waals surface area contributed by atoms with E-state index in [0.717, 1.165) is 12.1 Å². The first-order valence-corrected chi connectivity index (χ1v) is 9.81. The van der Waals surface area contributed by atoms with E-state index in [0.29, 0.717) is 11.8 Å². The van der Waals surface area contributed by atoms with Gasteiger partial charge in [0.25, 0.3) is 0 Å². The first-order valence-electron chi connectivity index (χ1n) is 7.96. The Labute approximate surface area is 153 Å². The second-order valence-corrected chi connectivity index (χ2v) is 8.34. The standard InChI is InChI=1S/C16H18F2N5O3P/c1-11(15-4-5-19-8-21-15)16(27(24,25)26,7-23-10-20-9-22-23)13-3-2-12(17)6-14(13)18/h2-6,8-11,24-27H,7H2,1H3. The fourth-order valence-corrected chi connectivity index (χ4v) is 4.93. The molecule has 0 aliphatic carbocycles. The number of nitrogens with zero attached hydrogens (tertiary/aromatic N) is 5. The van der Waals surface area contributed by atoms with Crippen molar-refractivity contribution in [2.45, 2.75) is 24.5 Å². The van der Waals surface area contributed by atoms with E-state index in [1.54, 1.807) is 6.92 Å². The predicted molar refractivity (Wildman–Crippen MR) is 93.5 cm³/mol. The van der Waals surface area contributed by atoms with Gasteiger partial charge >= 0.3 is 153 Å². The van der Waals surface area contributed by atoms with Crippen LogP contribution in [0.5, 0.6) is 0 Å². The third-order valence-electron chi connectivity index (χ3n) is 4.68. The van der Waals surface area contributed by atoms with Gasteiger partial charge in [-0.05, 0) is 0 Å². The Kier molecular flexibility index (Phi) is 5.25. The summed E-state index contributed by atoms with van der Waals surface area (Å²) in [6.45, 7) is 1.24. The van der Waals surface area contributed by atoms with Gasteiger partial charge in [-0.1, -0.05) is 0 Å². The molecule has 0 aliphatic heterocycles. The molecule has 0 bridgehead atoms. The third kappa shape index (κ3) is 3.57. The molecule has 2 unspecified atom stereocenters.